The molecule has 0 fully saturated rings. The second kappa shape index (κ2) is 7.61. The fraction of sp³-hybridized carbons (Fsp3) is 0.176. The highest BCUT2D eigenvalue weighted by molar-refractivity contribution is 9.10. The maximum atomic E-state index is 11.9. The molecule has 0 N–H and O–H groups in total. The molecule has 3 nitrogen and oxygen atoms in total. The predicted molar refractivity (Wildman–Crippen MR) is 84.4 cm³/mol. The molecule has 0 heterocycles. The van der Waals surface area contributed by atoms with E-state index in [1.807, 2.05) is 24.3 Å². The van der Waals surface area contributed by atoms with E-state index in [2.05, 4.69) is 22.0 Å². The Hall–Kier alpha value is -2.12. The number of halogens is 1. The Morgan fingerprint density at radius 1 is 1.10 bits per heavy atom. The molecule has 0 unspecified atom stereocenters. The molecule has 0 bridgehead atoms. The van der Waals surface area contributed by atoms with E-state index in [1.165, 1.54) is 0 Å². The fourth-order valence-corrected chi connectivity index (χ4v) is 2.09. The molecule has 0 atom stereocenters. The molecule has 2 rings (SSSR count). The van der Waals surface area contributed by atoms with Gasteiger partial charge in [0, 0.05) is 16.5 Å². The Kier molecular flexibility index (Phi) is 5.53. The SMILES string of the molecule is N#Cc1ccc(OCCCC(=O)c2ccc(Br)cc2)cc1. The molecule has 0 spiro atoms. The predicted octanol–water partition coefficient (Wildman–Crippen LogP) is 4.36. The second-order valence-electron chi connectivity index (χ2n) is 4.52. The maximum absolute atomic E-state index is 11.9. The molecule has 106 valence electrons. The summed E-state index contributed by atoms with van der Waals surface area (Å²) in [5, 5.41) is 8.70. The number of benzene rings is 2. The van der Waals surface area contributed by atoms with Gasteiger partial charge >= 0.3 is 0 Å². The Labute approximate surface area is 132 Å². The summed E-state index contributed by atoms with van der Waals surface area (Å²) in [5.41, 5.74) is 1.32. The number of ketones is 1. The van der Waals surface area contributed by atoms with Crippen LogP contribution in [0, 0.1) is 11.3 Å². The Morgan fingerprint density at radius 2 is 1.76 bits per heavy atom. The lowest BCUT2D eigenvalue weighted by atomic mass is 10.1. The van der Waals surface area contributed by atoms with E-state index < -0.39 is 0 Å². The minimum Gasteiger partial charge on any atom is -0.494 e. The van der Waals surface area contributed by atoms with Crippen LogP contribution in [-0.4, -0.2) is 12.4 Å². The van der Waals surface area contributed by atoms with Crippen molar-refractivity contribution in [2.45, 2.75) is 12.8 Å². The molecule has 0 amide bonds. The molecule has 0 saturated carbocycles. The van der Waals surface area contributed by atoms with Gasteiger partial charge in [-0.3, -0.25) is 4.79 Å². The molecule has 0 saturated heterocycles. The first-order valence-electron chi connectivity index (χ1n) is 6.61. The molecule has 21 heavy (non-hydrogen) atoms. The topological polar surface area (TPSA) is 50.1 Å². The largest absolute Gasteiger partial charge is 0.494 e. The third-order valence-electron chi connectivity index (χ3n) is 2.97. The molecule has 0 aliphatic carbocycles. The first-order valence-corrected chi connectivity index (χ1v) is 7.40. The van der Waals surface area contributed by atoms with Crippen molar-refractivity contribution in [2.24, 2.45) is 0 Å². The van der Waals surface area contributed by atoms with Crippen LogP contribution in [0.5, 0.6) is 5.75 Å². The quantitative estimate of drug-likeness (QED) is 0.578. The first kappa shape index (κ1) is 15.3. The number of nitriles is 1. The molecule has 0 radical (unpaired) electrons. The lowest BCUT2D eigenvalue weighted by Crippen LogP contribution is -2.03. The maximum Gasteiger partial charge on any atom is 0.163 e. The summed E-state index contributed by atoms with van der Waals surface area (Å²) in [6, 6.07) is 16.3. The van der Waals surface area contributed by atoms with Crippen LogP contribution < -0.4 is 4.74 Å². The molecular weight excluding hydrogens is 330 g/mol. The zero-order valence-electron chi connectivity index (χ0n) is 11.4. The Bertz CT molecular complexity index is 642. The summed E-state index contributed by atoms with van der Waals surface area (Å²) in [6.07, 6.45) is 1.12. The van der Waals surface area contributed by atoms with Crippen LogP contribution >= 0.6 is 15.9 Å². The van der Waals surface area contributed by atoms with Crippen molar-refractivity contribution in [2.75, 3.05) is 6.61 Å². The number of nitrogens with zero attached hydrogens (tertiary/aromatic N) is 1. The van der Waals surface area contributed by atoms with E-state index in [0.717, 1.165) is 10.0 Å². The molecule has 0 aliphatic rings. The zero-order chi connectivity index (χ0) is 15.1. The molecule has 2 aromatic carbocycles. The first-order chi connectivity index (χ1) is 10.2. The van der Waals surface area contributed by atoms with Gasteiger partial charge in [-0.2, -0.15) is 5.26 Å². The van der Waals surface area contributed by atoms with Crippen molar-refractivity contribution < 1.29 is 9.53 Å². The van der Waals surface area contributed by atoms with Crippen molar-refractivity contribution in [3.8, 4) is 11.8 Å². The average Bonchev–Trinajstić information content (AvgIpc) is 2.52. The molecule has 0 aliphatic heterocycles. The number of rotatable bonds is 6. The minimum absolute atomic E-state index is 0.117. The number of hydrogen-bond donors (Lipinski definition) is 0. The van der Waals surface area contributed by atoms with Gasteiger partial charge in [-0.15, -0.1) is 0 Å². The van der Waals surface area contributed by atoms with Crippen LogP contribution in [0.15, 0.2) is 53.0 Å². The van der Waals surface area contributed by atoms with Gasteiger partial charge in [0.05, 0.1) is 18.2 Å². The Balaban J connectivity index is 1.75. The van der Waals surface area contributed by atoms with Crippen molar-refractivity contribution in [1.82, 2.24) is 0 Å². The number of carbonyl (C=O) groups is 1. The van der Waals surface area contributed by atoms with E-state index in [1.54, 1.807) is 24.3 Å². The number of carbonyl (C=O) groups excluding carboxylic acids is 1. The highest BCUT2D eigenvalue weighted by Crippen LogP contribution is 2.14. The van der Waals surface area contributed by atoms with Crippen LogP contribution in [0.4, 0.5) is 0 Å². The smallest absolute Gasteiger partial charge is 0.163 e. The normalized spacial score (nSPS) is 9.90. The summed E-state index contributed by atoms with van der Waals surface area (Å²) >= 11 is 3.34. The lowest BCUT2D eigenvalue weighted by molar-refractivity contribution is 0.0973. The van der Waals surface area contributed by atoms with Crippen LogP contribution in [0.2, 0.25) is 0 Å². The van der Waals surface area contributed by atoms with Gasteiger partial charge in [0.1, 0.15) is 5.75 Å². The fourth-order valence-electron chi connectivity index (χ4n) is 1.83. The van der Waals surface area contributed by atoms with Gasteiger partial charge in [-0.1, -0.05) is 28.1 Å². The van der Waals surface area contributed by atoms with Gasteiger partial charge in [0.2, 0.25) is 0 Å². The van der Waals surface area contributed by atoms with Gasteiger partial charge < -0.3 is 4.74 Å². The molecule has 0 aromatic heterocycles. The van der Waals surface area contributed by atoms with Crippen LogP contribution in [0.25, 0.3) is 0 Å². The van der Waals surface area contributed by atoms with E-state index >= 15 is 0 Å². The van der Waals surface area contributed by atoms with Crippen molar-refractivity contribution in [3.05, 3.63) is 64.1 Å². The van der Waals surface area contributed by atoms with Crippen LogP contribution in [-0.2, 0) is 0 Å². The monoisotopic (exact) mass is 343 g/mol. The van der Waals surface area contributed by atoms with Crippen LogP contribution in [0.3, 0.4) is 0 Å². The van der Waals surface area contributed by atoms with Crippen molar-refractivity contribution >= 4 is 21.7 Å². The van der Waals surface area contributed by atoms with E-state index in [9.17, 15) is 4.79 Å². The Morgan fingerprint density at radius 3 is 2.38 bits per heavy atom. The number of ether oxygens (including phenoxy) is 1. The molecular formula is C17H14BrNO2. The van der Waals surface area contributed by atoms with Crippen molar-refractivity contribution in [1.29, 1.82) is 5.26 Å². The molecule has 2 aromatic rings. The summed E-state index contributed by atoms with van der Waals surface area (Å²) < 4.78 is 6.50. The van der Waals surface area contributed by atoms with Gasteiger partial charge in [-0.05, 0) is 42.8 Å². The van der Waals surface area contributed by atoms with Gasteiger partial charge in [0.15, 0.2) is 5.78 Å². The summed E-state index contributed by atoms with van der Waals surface area (Å²) in [7, 11) is 0. The second-order valence-corrected chi connectivity index (χ2v) is 5.43. The highest BCUT2D eigenvalue weighted by Gasteiger charge is 2.05. The third kappa shape index (κ3) is 4.73. The van der Waals surface area contributed by atoms with E-state index in [0.29, 0.717) is 30.8 Å². The van der Waals surface area contributed by atoms with Crippen LogP contribution in [0.1, 0.15) is 28.8 Å². The third-order valence-corrected chi connectivity index (χ3v) is 3.50. The van der Waals surface area contributed by atoms with Crippen molar-refractivity contribution in [3.63, 3.8) is 0 Å². The average molecular weight is 344 g/mol. The summed E-state index contributed by atoms with van der Waals surface area (Å²) in [5.74, 6) is 0.830. The zero-order valence-corrected chi connectivity index (χ0v) is 13.0. The number of Topliss-reactive ketones (excluding diaryl/α,β-unsaturated/α-hetero) is 1. The van der Waals surface area contributed by atoms with Gasteiger partial charge in [-0.25, -0.2) is 0 Å². The lowest BCUT2D eigenvalue weighted by Gasteiger charge is -2.06. The summed E-state index contributed by atoms with van der Waals surface area (Å²) in [4.78, 5) is 11.9. The summed E-state index contributed by atoms with van der Waals surface area (Å²) in [6.45, 7) is 0.480. The van der Waals surface area contributed by atoms with E-state index in [4.69, 9.17) is 10.00 Å². The molecule has 4 heteroatoms. The minimum atomic E-state index is 0.117. The van der Waals surface area contributed by atoms with Gasteiger partial charge in [0.25, 0.3) is 0 Å². The standard InChI is InChI=1S/C17H14BrNO2/c18-15-7-5-14(6-8-15)17(20)2-1-11-21-16-9-3-13(12-19)4-10-16/h3-10H,1-2,11H2. The number of hydrogen-bond acceptors (Lipinski definition) is 3. The highest BCUT2D eigenvalue weighted by atomic mass is 79.9. The van der Waals surface area contributed by atoms with E-state index in [-0.39, 0.29) is 5.78 Å².